The fourth-order valence-electron chi connectivity index (χ4n) is 5.91. The standard InChI is InChI=1S/C31H40Cl2F3N5O3/c1-19(2)14-26(37)24-16-22(31(34,35)36)5-7-27(24)38-8-10-39(11-9-38)30(44)28(15-21-4-6-23(32)17-25(21)33)41-13-12-40(20(3)42)18-29(41)43/h4-7,16-17,19-20,26,28,42H,8-15,18,37H2,1-3H3. The van der Waals surface area contributed by atoms with Crippen molar-refractivity contribution < 1.29 is 27.9 Å². The number of anilines is 1. The normalized spacial score (nSPS) is 19.0. The molecule has 0 bridgehead atoms. The van der Waals surface area contributed by atoms with Gasteiger partial charge in [-0.3, -0.25) is 14.5 Å². The molecule has 13 heteroatoms. The number of piperazine rings is 2. The van der Waals surface area contributed by atoms with Crippen molar-refractivity contribution in [2.75, 3.05) is 50.7 Å². The predicted molar refractivity (Wildman–Crippen MR) is 166 cm³/mol. The molecule has 0 radical (unpaired) electrons. The van der Waals surface area contributed by atoms with Gasteiger partial charge in [0.1, 0.15) is 12.3 Å². The summed E-state index contributed by atoms with van der Waals surface area (Å²) in [6, 6.07) is 7.30. The summed E-state index contributed by atoms with van der Waals surface area (Å²) in [5.41, 5.74) is 7.41. The van der Waals surface area contributed by atoms with Crippen LogP contribution < -0.4 is 10.6 Å². The van der Waals surface area contributed by atoms with Crippen LogP contribution in [0.15, 0.2) is 36.4 Å². The Morgan fingerprint density at radius 3 is 2.25 bits per heavy atom. The van der Waals surface area contributed by atoms with Crippen LogP contribution in [0.3, 0.4) is 0 Å². The number of benzene rings is 2. The first kappa shape index (κ1) is 34.3. The molecular weight excluding hydrogens is 618 g/mol. The minimum Gasteiger partial charge on any atom is -0.379 e. The van der Waals surface area contributed by atoms with Crippen LogP contribution in [0.25, 0.3) is 0 Å². The molecule has 3 atom stereocenters. The molecule has 4 rings (SSSR count). The molecule has 242 valence electrons. The molecule has 2 aromatic carbocycles. The van der Waals surface area contributed by atoms with Gasteiger partial charge in [0.25, 0.3) is 0 Å². The third kappa shape index (κ3) is 8.17. The van der Waals surface area contributed by atoms with Crippen LogP contribution in [0, 0.1) is 5.92 Å². The lowest BCUT2D eigenvalue weighted by molar-refractivity contribution is -0.152. The molecule has 2 heterocycles. The van der Waals surface area contributed by atoms with Crippen molar-refractivity contribution in [1.29, 1.82) is 0 Å². The van der Waals surface area contributed by atoms with Crippen LogP contribution in [0.2, 0.25) is 10.0 Å². The number of rotatable bonds is 9. The van der Waals surface area contributed by atoms with Crippen LogP contribution in [0.1, 0.15) is 49.9 Å². The second kappa shape index (κ2) is 14.2. The first-order valence-electron chi connectivity index (χ1n) is 14.8. The van der Waals surface area contributed by atoms with Gasteiger partial charge in [-0.2, -0.15) is 13.2 Å². The van der Waals surface area contributed by atoms with E-state index in [4.69, 9.17) is 28.9 Å². The van der Waals surface area contributed by atoms with E-state index < -0.39 is 30.1 Å². The van der Waals surface area contributed by atoms with E-state index in [-0.39, 0.29) is 37.2 Å². The van der Waals surface area contributed by atoms with Gasteiger partial charge in [-0.25, -0.2) is 0 Å². The fraction of sp³-hybridized carbons (Fsp3) is 0.548. The zero-order chi connectivity index (χ0) is 32.3. The van der Waals surface area contributed by atoms with Gasteiger partial charge in [0, 0.05) is 67.5 Å². The molecule has 3 unspecified atom stereocenters. The van der Waals surface area contributed by atoms with E-state index >= 15 is 0 Å². The quantitative estimate of drug-likeness (QED) is 0.403. The Morgan fingerprint density at radius 1 is 1.00 bits per heavy atom. The summed E-state index contributed by atoms with van der Waals surface area (Å²) in [6.07, 6.45) is -4.57. The molecule has 2 amide bonds. The molecule has 2 saturated heterocycles. The van der Waals surface area contributed by atoms with Gasteiger partial charge in [-0.05, 0) is 60.7 Å². The Hall–Kier alpha value is -2.57. The maximum Gasteiger partial charge on any atom is 0.416 e. The van der Waals surface area contributed by atoms with E-state index in [2.05, 4.69) is 0 Å². The highest BCUT2D eigenvalue weighted by Crippen LogP contribution is 2.37. The minimum absolute atomic E-state index is 0.0170. The lowest BCUT2D eigenvalue weighted by Gasteiger charge is -2.43. The maximum absolute atomic E-state index is 14.1. The molecule has 0 saturated carbocycles. The van der Waals surface area contributed by atoms with E-state index in [1.54, 1.807) is 39.8 Å². The van der Waals surface area contributed by atoms with Crippen LogP contribution in [0.5, 0.6) is 0 Å². The Labute approximate surface area is 266 Å². The maximum atomic E-state index is 14.1. The summed E-state index contributed by atoms with van der Waals surface area (Å²) in [5, 5.41) is 10.8. The molecule has 2 aliphatic heterocycles. The monoisotopic (exact) mass is 657 g/mol. The average molecular weight is 659 g/mol. The van der Waals surface area contributed by atoms with Crippen molar-refractivity contribution in [1.82, 2.24) is 14.7 Å². The fourth-order valence-corrected chi connectivity index (χ4v) is 6.39. The number of hydrogen-bond acceptors (Lipinski definition) is 6. The third-order valence-corrected chi connectivity index (χ3v) is 8.90. The van der Waals surface area contributed by atoms with Crippen molar-refractivity contribution in [3.63, 3.8) is 0 Å². The number of carbonyl (C=O) groups excluding carboxylic acids is 2. The smallest absolute Gasteiger partial charge is 0.379 e. The number of hydrogen-bond donors (Lipinski definition) is 2. The summed E-state index contributed by atoms with van der Waals surface area (Å²) < 4.78 is 40.7. The summed E-state index contributed by atoms with van der Waals surface area (Å²) >= 11 is 12.5. The molecule has 8 nitrogen and oxygen atoms in total. The van der Waals surface area contributed by atoms with Crippen LogP contribution >= 0.6 is 23.2 Å². The molecule has 2 aliphatic rings. The molecule has 0 spiro atoms. The number of nitrogens with zero attached hydrogens (tertiary/aromatic N) is 4. The van der Waals surface area contributed by atoms with E-state index in [1.807, 2.05) is 18.7 Å². The van der Waals surface area contributed by atoms with Gasteiger partial charge in [0.15, 0.2) is 0 Å². The van der Waals surface area contributed by atoms with Gasteiger partial charge < -0.3 is 25.5 Å². The van der Waals surface area contributed by atoms with Crippen LogP contribution in [-0.4, -0.2) is 89.7 Å². The van der Waals surface area contributed by atoms with Crippen molar-refractivity contribution in [2.45, 2.75) is 58.1 Å². The highest BCUT2D eigenvalue weighted by atomic mass is 35.5. The van der Waals surface area contributed by atoms with E-state index in [1.165, 1.54) is 6.07 Å². The van der Waals surface area contributed by atoms with E-state index in [9.17, 15) is 27.9 Å². The number of alkyl halides is 3. The third-order valence-electron chi connectivity index (χ3n) is 8.32. The average Bonchev–Trinajstić information content (AvgIpc) is 2.95. The number of carbonyl (C=O) groups is 2. The second-order valence-electron chi connectivity index (χ2n) is 12.0. The number of aliphatic hydroxyl groups is 1. The Balaban J connectivity index is 1.55. The van der Waals surface area contributed by atoms with Crippen molar-refractivity contribution >= 4 is 40.7 Å². The van der Waals surface area contributed by atoms with E-state index in [0.29, 0.717) is 66.0 Å². The van der Waals surface area contributed by atoms with Crippen molar-refractivity contribution in [2.24, 2.45) is 11.7 Å². The first-order valence-corrected chi connectivity index (χ1v) is 15.6. The Bertz CT molecular complexity index is 1340. The van der Waals surface area contributed by atoms with Gasteiger partial charge >= 0.3 is 6.18 Å². The predicted octanol–water partition coefficient (Wildman–Crippen LogP) is 4.80. The molecule has 2 fully saturated rings. The molecule has 3 N–H and O–H groups in total. The number of halogens is 5. The molecule has 44 heavy (non-hydrogen) atoms. The topological polar surface area (TPSA) is 93.3 Å². The highest BCUT2D eigenvalue weighted by molar-refractivity contribution is 6.35. The summed E-state index contributed by atoms with van der Waals surface area (Å²) in [4.78, 5) is 34.2. The number of nitrogens with two attached hydrogens (primary N) is 1. The summed E-state index contributed by atoms with van der Waals surface area (Å²) in [5.74, 6) is -0.315. The zero-order valence-corrected chi connectivity index (χ0v) is 26.7. The number of amides is 2. The largest absolute Gasteiger partial charge is 0.416 e. The van der Waals surface area contributed by atoms with Gasteiger partial charge in [0.05, 0.1) is 12.1 Å². The lowest BCUT2D eigenvalue weighted by Crippen LogP contribution is -2.61. The Kier molecular flexibility index (Phi) is 11.1. The zero-order valence-electron chi connectivity index (χ0n) is 25.2. The number of aliphatic hydroxyl groups excluding tert-OH is 1. The summed E-state index contributed by atoms with van der Waals surface area (Å²) in [7, 11) is 0. The molecule has 0 aliphatic carbocycles. The SMILES string of the molecule is CC(C)CC(N)c1cc(C(F)(F)F)ccc1N1CCN(C(=O)C(Cc2ccc(Cl)cc2Cl)N2CCN(C(C)O)CC2=O)CC1. The summed E-state index contributed by atoms with van der Waals surface area (Å²) in [6.45, 7) is 7.58. The van der Waals surface area contributed by atoms with Gasteiger partial charge in [-0.15, -0.1) is 0 Å². The van der Waals surface area contributed by atoms with E-state index in [0.717, 1.165) is 12.1 Å². The van der Waals surface area contributed by atoms with Crippen LogP contribution in [0.4, 0.5) is 18.9 Å². The van der Waals surface area contributed by atoms with Crippen LogP contribution in [-0.2, 0) is 22.2 Å². The van der Waals surface area contributed by atoms with Crippen molar-refractivity contribution in [3.8, 4) is 0 Å². The Morgan fingerprint density at radius 2 is 1.68 bits per heavy atom. The van der Waals surface area contributed by atoms with Crippen molar-refractivity contribution in [3.05, 3.63) is 63.1 Å². The second-order valence-corrected chi connectivity index (χ2v) is 12.8. The molecular formula is C31H40Cl2F3N5O3. The molecule has 2 aromatic rings. The van der Waals surface area contributed by atoms with Gasteiger partial charge in [-0.1, -0.05) is 43.1 Å². The molecule has 0 aromatic heterocycles. The minimum atomic E-state index is -4.49. The highest BCUT2D eigenvalue weighted by Gasteiger charge is 2.38. The first-order chi connectivity index (χ1) is 20.6. The van der Waals surface area contributed by atoms with Gasteiger partial charge in [0.2, 0.25) is 11.8 Å². The lowest BCUT2D eigenvalue weighted by atomic mass is 9.94.